The quantitative estimate of drug-likeness (QED) is 0.235. The van der Waals surface area contributed by atoms with Gasteiger partial charge in [-0.15, -0.1) is 11.8 Å². The minimum atomic E-state index is -0.809. The predicted molar refractivity (Wildman–Crippen MR) is 175 cm³/mol. The number of carbonyl (C=O) groups excluding carboxylic acids is 3. The first-order valence-electron chi connectivity index (χ1n) is 15.5. The number of hydrogen-bond donors (Lipinski definition) is 3. The second-order valence-corrected chi connectivity index (χ2v) is 12.1. The maximum Gasteiger partial charge on any atom is 0.242 e. The molecule has 1 saturated heterocycles. The monoisotopic (exact) mass is 611 g/mol. The smallest absolute Gasteiger partial charge is 0.242 e. The average Bonchev–Trinajstić information content (AvgIpc) is 3.36. The van der Waals surface area contributed by atoms with E-state index in [1.54, 1.807) is 23.0 Å². The van der Waals surface area contributed by atoms with E-state index in [2.05, 4.69) is 46.5 Å². The zero-order valence-electron chi connectivity index (χ0n) is 26.1. The van der Waals surface area contributed by atoms with Crippen LogP contribution in [-0.2, 0) is 27.2 Å². The molecule has 3 amide bonds. The van der Waals surface area contributed by atoms with E-state index in [1.807, 2.05) is 37.3 Å². The number of pyridine rings is 1. The molecule has 1 aromatic carbocycles. The van der Waals surface area contributed by atoms with Crippen LogP contribution in [0.3, 0.4) is 0 Å². The number of likely N-dealkylation sites (N-methyl/N-ethyl adjacent to an activating group) is 3. The summed E-state index contributed by atoms with van der Waals surface area (Å²) in [4.78, 5) is 48.4. The van der Waals surface area contributed by atoms with Crippen molar-refractivity contribution in [2.24, 2.45) is 5.73 Å². The Bertz CT molecular complexity index is 1150. The van der Waals surface area contributed by atoms with E-state index in [0.29, 0.717) is 39.0 Å². The summed E-state index contributed by atoms with van der Waals surface area (Å²) in [5.41, 5.74) is 9.45. The SMILES string of the molecule is CCN(CC)CCNC(=O)CCCc1ccc(NC[C@H]2SC([C@H](N)C(=O)N(C)CCc3ccccn3)N(CC)C2=O)cc1. The molecular formula is C32H49N7O3S. The molecule has 10 nitrogen and oxygen atoms in total. The summed E-state index contributed by atoms with van der Waals surface area (Å²) in [7, 11) is 1.74. The van der Waals surface area contributed by atoms with Gasteiger partial charge in [-0.05, 0) is 62.7 Å². The molecular weight excluding hydrogens is 562 g/mol. The molecule has 0 bridgehead atoms. The summed E-state index contributed by atoms with van der Waals surface area (Å²) in [6.45, 7) is 11.2. The number of carbonyl (C=O) groups is 3. The first-order valence-corrected chi connectivity index (χ1v) is 16.4. The van der Waals surface area contributed by atoms with Gasteiger partial charge in [0.1, 0.15) is 16.7 Å². The second-order valence-electron chi connectivity index (χ2n) is 10.8. The van der Waals surface area contributed by atoms with E-state index in [4.69, 9.17) is 5.73 Å². The number of amides is 3. The van der Waals surface area contributed by atoms with Gasteiger partial charge in [0.25, 0.3) is 0 Å². The fraction of sp³-hybridized carbons (Fsp3) is 0.562. The minimum absolute atomic E-state index is 0.00335. The molecule has 0 aliphatic carbocycles. The molecule has 1 unspecified atom stereocenters. The third-order valence-corrected chi connectivity index (χ3v) is 9.39. The van der Waals surface area contributed by atoms with Crippen LogP contribution in [0.15, 0.2) is 48.7 Å². The van der Waals surface area contributed by atoms with Gasteiger partial charge in [-0.2, -0.15) is 0 Å². The largest absolute Gasteiger partial charge is 0.383 e. The van der Waals surface area contributed by atoms with E-state index in [1.165, 1.54) is 17.3 Å². The molecule has 0 spiro atoms. The van der Waals surface area contributed by atoms with Gasteiger partial charge in [0.2, 0.25) is 17.7 Å². The van der Waals surface area contributed by atoms with Gasteiger partial charge in [0, 0.05) is 70.2 Å². The number of rotatable bonds is 18. The van der Waals surface area contributed by atoms with E-state index in [0.717, 1.165) is 43.9 Å². The highest BCUT2D eigenvalue weighted by atomic mass is 32.2. The Hall–Kier alpha value is -3.15. The minimum Gasteiger partial charge on any atom is -0.383 e. The summed E-state index contributed by atoms with van der Waals surface area (Å²) >= 11 is 1.45. The number of aromatic nitrogens is 1. The Morgan fingerprint density at radius 2 is 1.81 bits per heavy atom. The molecule has 3 rings (SSSR count). The Morgan fingerprint density at radius 3 is 2.47 bits per heavy atom. The fourth-order valence-electron chi connectivity index (χ4n) is 5.11. The van der Waals surface area contributed by atoms with Gasteiger partial charge >= 0.3 is 0 Å². The van der Waals surface area contributed by atoms with E-state index in [-0.39, 0.29) is 23.0 Å². The lowest BCUT2D eigenvalue weighted by molar-refractivity contribution is -0.134. The van der Waals surface area contributed by atoms with E-state index in [9.17, 15) is 14.4 Å². The normalized spacial score (nSPS) is 17.3. The maximum atomic E-state index is 13.2. The Labute approximate surface area is 261 Å². The third-order valence-electron chi connectivity index (χ3n) is 7.87. The maximum absolute atomic E-state index is 13.2. The van der Waals surface area contributed by atoms with Crippen LogP contribution in [0.1, 0.15) is 44.9 Å². The summed E-state index contributed by atoms with van der Waals surface area (Å²) in [6, 6.07) is 13.0. The second kappa shape index (κ2) is 17.8. The van der Waals surface area contributed by atoms with Crippen LogP contribution >= 0.6 is 11.8 Å². The standard InChI is InChI=1S/C32H49N7O3S/c1-5-38(6-2)22-20-35-28(40)13-10-11-24-14-16-26(17-15-24)36-23-27-30(41)39(7-3)32(43-27)29(33)31(42)37(4)21-18-25-12-8-9-19-34-25/h8-9,12,14-17,19,27,29,32,36H,5-7,10-11,13,18,20-23,33H2,1-4H3,(H,35,40)/t27-,29-,32?/m1/s1. The number of nitrogens with two attached hydrogens (primary N) is 1. The number of thioether (sulfide) groups is 1. The highest BCUT2D eigenvalue weighted by Crippen LogP contribution is 2.33. The molecule has 1 aliphatic rings. The van der Waals surface area contributed by atoms with Gasteiger partial charge in [-0.1, -0.05) is 32.0 Å². The zero-order chi connectivity index (χ0) is 31.2. The molecule has 2 heterocycles. The van der Waals surface area contributed by atoms with Crippen LogP contribution in [0.5, 0.6) is 0 Å². The van der Waals surface area contributed by atoms with Crippen molar-refractivity contribution in [1.82, 2.24) is 25.0 Å². The predicted octanol–water partition coefficient (Wildman–Crippen LogP) is 2.59. The van der Waals surface area contributed by atoms with Crippen LogP contribution in [0, 0.1) is 0 Å². The Kier molecular flexibility index (Phi) is 14.3. The number of benzene rings is 1. The molecule has 2 aromatic rings. The first-order chi connectivity index (χ1) is 20.8. The summed E-state index contributed by atoms with van der Waals surface area (Å²) in [5, 5.41) is 5.64. The third kappa shape index (κ3) is 10.5. The molecule has 3 atom stereocenters. The highest BCUT2D eigenvalue weighted by Gasteiger charge is 2.44. The van der Waals surface area contributed by atoms with Crippen LogP contribution in [-0.4, -0.2) is 107 Å². The number of nitrogens with one attached hydrogen (secondary N) is 2. The number of aryl methyl sites for hydroxylation is 1. The molecule has 236 valence electrons. The van der Waals surface area contributed by atoms with Crippen molar-refractivity contribution in [3.63, 3.8) is 0 Å². The lowest BCUT2D eigenvalue weighted by atomic mass is 10.1. The summed E-state index contributed by atoms with van der Waals surface area (Å²) in [6.07, 6.45) is 4.52. The molecule has 1 aliphatic heterocycles. The van der Waals surface area contributed by atoms with Gasteiger partial charge in [-0.25, -0.2) is 0 Å². The van der Waals surface area contributed by atoms with Gasteiger partial charge in [-0.3, -0.25) is 19.4 Å². The molecule has 0 radical (unpaired) electrons. The lowest BCUT2D eigenvalue weighted by Crippen LogP contribution is -2.53. The van der Waals surface area contributed by atoms with Crippen LogP contribution in [0.25, 0.3) is 0 Å². The number of anilines is 1. The average molecular weight is 612 g/mol. The van der Waals surface area contributed by atoms with E-state index < -0.39 is 11.4 Å². The van der Waals surface area contributed by atoms with Crippen molar-refractivity contribution >= 4 is 35.2 Å². The van der Waals surface area contributed by atoms with Gasteiger partial charge < -0.3 is 31.1 Å². The van der Waals surface area contributed by atoms with Crippen LogP contribution in [0.4, 0.5) is 5.69 Å². The Morgan fingerprint density at radius 1 is 1.07 bits per heavy atom. The topological polar surface area (TPSA) is 124 Å². The number of hydrogen-bond acceptors (Lipinski definition) is 8. The molecule has 1 aromatic heterocycles. The van der Waals surface area contributed by atoms with Crippen LogP contribution in [0.2, 0.25) is 0 Å². The van der Waals surface area contributed by atoms with Crippen molar-refractivity contribution in [3.05, 3.63) is 59.9 Å². The van der Waals surface area contributed by atoms with Crippen molar-refractivity contribution < 1.29 is 14.4 Å². The Balaban J connectivity index is 1.42. The molecule has 0 saturated carbocycles. The van der Waals surface area contributed by atoms with Crippen LogP contribution < -0.4 is 16.4 Å². The molecule has 4 N–H and O–H groups in total. The summed E-state index contributed by atoms with van der Waals surface area (Å²) < 4.78 is 0. The van der Waals surface area contributed by atoms with E-state index >= 15 is 0 Å². The zero-order valence-corrected chi connectivity index (χ0v) is 26.9. The molecule has 11 heteroatoms. The summed E-state index contributed by atoms with van der Waals surface area (Å²) in [5.74, 6) is -0.0847. The lowest BCUT2D eigenvalue weighted by Gasteiger charge is -2.29. The van der Waals surface area contributed by atoms with Crippen molar-refractivity contribution in [2.45, 2.75) is 63.1 Å². The van der Waals surface area contributed by atoms with Crippen molar-refractivity contribution in [2.75, 3.05) is 58.2 Å². The van der Waals surface area contributed by atoms with Gasteiger partial charge in [0.15, 0.2) is 0 Å². The fourth-order valence-corrected chi connectivity index (χ4v) is 6.56. The van der Waals surface area contributed by atoms with Crippen molar-refractivity contribution in [1.29, 1.82) is 0 Å². The van der Waals surface area contributed by atoms with Gasteiger partial charge in [0.05, 0.1) is 0 Å². The molecule has 43 heavy (non-hydrogen) atoms. The highest BCUT2D eigenvalue weighted by molar-refractivity contribution is 8.01. The molecule has 1 fully saturated rings. The van der Waals surface area contributed by atoms with Crippen molar-refractivity contribution in [3.8, 4) is 0 Å². The first kappa shape index (κ1) is 34.3. The number of nitrogens with zero attached hydrogens (tertiary/aromatic N) is 4.